The van der Waals surface area contributed by atoms with Crippen molar-refractivity contribution >= 4 is 11.6 Å². The van der Waals surface area contributed by atoms with Gasteiger partial charge in [-0.1, -0.05) is 11.2 Å². The SMILES string of the molecule is Cc1cc(CN(C)Cc2ccc(C(N)=O)cc2N)no1. The highest BCUT2D eigenvalue weighted by molar-refractivity contribution is 5.93. The second-order valence-corrected chi connectivity index (χ2v) is 4.88. The number of aromatic nitrogens is 1. The molecule has 2 aromatic rings. The molecule has 2 rings (SSSR count). The van der Waals surface area contributed by atoms with Gasteiger partial charge in [0.25, 0.3) is 0 Å². The first-order valence-electron chi connectivity index (χ1n) is 6.24. The molecule has 6 heteroatoms. The Morgan fingerprint density at radius 3 is 2.65 bits per heavy atom. The molecule has 1 amide bonds. The molecule has 20 heavy (non-hydrogen) atoms. The van der Waals surface area contributed by atoms with Gasteiger partial charge in [-0.2, -0.15) is 0 Å². The summed E-state index contributed by atoms with van der Waals surface area (Å²) in [7, 11) is 1.96. The first-order valence-corrected chi connectivity index (χ1v) is 6.24. The van der Waals surface area contributed by atoms with Crippen LogP contribution in [0.1, 0.15) is 27.4 Å². The summed E-state index contributed by atoms with van der Waals surface area (Å²) < 4.78 is 5.03. The molecule has 6 nitrogen and oxygen atoms in total. The minimum atomic E-state index is -0.477. The monoisotopic (exact) mass is 274 g/mol. The topological polar surface area (TPSA) is 98.4 Å². The fraction of sp³-hybridized carbons (Fsp3) is 0.286. The normalized spacial score (nSPS) is 10.9. The molecule has 1 aromatic heterocycles. The quantitative estimate of drug-likeness (QED) is 0.801. The Hall–Kier alpha value is -2.34. The van der Waals surface area contributed by atoms with Crippen molar-refractivity contribution in [1.29, 1.82) is 0 Å². The summed E-state index contributed by atoms with van der Waals surface area (Å²) in [6.07, 6.45) is 0. The lowest BCUT2D eigenvalue weighted by Crippen LogP contribution is -2.19. The van der Waals surface area contributed by atoms with Crippen LogP contribution in [0.15, 0.2) is 28.8 Å². The highest BCUT2D eigenvalue weighted by Crippen LogP contribution is 2.17. The number of rotatable bonds is 5. The zero-order valence-corrected chi connectivity index (χ0v) is 11.6. The highest BCUT2D eigenvalue weighted by atomic mass is 16.5. The fourth-order valence-corrected chi connectivity index (χ4v) is 2.01. The average molecular weight is 274 g/mol. The van der Waals surface area contributed by atoms with Gasteiger partial charge in [0.1, 0.15) is 5.76 Å². The summed E-state index contributed by atoms with van der Waals surface area (Å²) in [5.41, 5.74) is 13.9. The molecule has 0 saturated carbocycles. The molecule has 0 unspecified atom stereocenters. The van der Waals surface area contributed by atoms with E-state index in [1.165, 1.54) is 0 Å². The van der Waals surface area contributed by atoms with Crippen LogP contribution in [0.2, 0.25) is 0 Å². The molecule has 0 fully saturated rings. The van der Waals surface area contributed by atoms with Gasteiger partial charge in [-0.15, -0.1) is 0 Å². The molecule has 0 aliphatic carbocycles. The minimum absolute atomic E-state index is 0.418. The van der Waals surface area contributed by atoms with Crippen LogP contribution in [0.5, 0.6) is 0 Å². The van der Waals surface area contributed by atoms with E-state index >= 15 is 0 Å². The van der Waals surface area contributed by atoms with Gasteiger partial charge in [-0.3, -0.25) is 9.69 Å². The van der Waals surface area contributed by atoms with E-state index in [1.807, 2.05) is 26.1 Å². The van der Waals surface area contributed by atoms with E-state index in [-0.39, 0.29) is 0 Å². The van der Waals surface area contributed by atoms with Crippen molar-refractivity contribution in [3.8, 4) is 0 Å². The van der Waals surface area contributed by atoms with Gasteiger partial charge < -0.3 is 16.0 Å². The van der Waals surface area contributed by atoms with Crippen LogP contribution in [0.25, 0.3) is 0 Å². The lowest BCUT2D eigenvalue weighted by Gasteiger charge is -2.16. The number of nitrogens with zero attached hydrogens (tertiary/aromatic N) is 2. The van der Waals surface area contributed by atoms with E-state index in [4.69, 9.17) is 16.0 Å². The number of nitrogens with two attached hydrogens (primary N) is 2. The number of benzene rings is 1. The maximum absolute atomic E-state index is 11.1. The van der Waals surface area contributed by atoms with Crippen molar-refractivity contribution in [2.75, 3.05) is 12.8 Å². The number of carbonyl (C=O) groups is 1. The highest BCUT2D eigenvalue weighted by Gasteiger charge is 2.09. The lowest BCUT2D eigenvalue weighted by atomic mass is 10.1. The minimum Gasteiger partial charge on any atom is -0.398 e. The number of hydrogen-bond acceptors (Lipinski definition) is 5. The van der Waals surface area contributed by atoms with E-state index in [0.29, 0.717) is 24.3 Å². The molecule has 1 aromatic carbocycles. The van der Waals surface area contributed by atoms with Crippen molar-refractivity contribution in [3.05, 3.63) is 46.8 Å². The Balaban J connectivity index is 2.04. The summed E-state index contributed by atoms with van der Waals surface area (Å²) in [5.74, 6) is 0.313. The Morgan fingerprint density at radius 1 is 1.35 bits per heavy atom. The van der Waals surface area contributed by atoms with Crippen LogP contribution < -0.4 is 11.5 Å². The molecule has 0 atom stereocenters. The Morgan fingerprint density at radius 2 is 2.10 bits per heavy atom. The Bertz CT molecular complexity index is 621. The number of hydrogen-bond donors (Lipinski definition) is 2. The standard InChI is InChI=1S/C14H18N4O2/c1-9-5-12(17-20-9)8-18(2)7-11-4-3-10(14(16)19)6-13(11)15/h3-6H,7-8,15H2,1-2H3,(H2,16,19). The van der Waals surface area contributed by atoms with E-state index in [2.05, 4.69) is 10.1 Å². The zero-order valence-electron chi connectivity index (χ0n) is 11.6. The molecular formula is C14H18N4O2. The summed E-state index contributed by atoms with van der Waals surface area (Å²) in [6, 6.07) is 7.00. The third-order valence-corrected chi connectivity index (χ3v) is 2.98. The van der Waals surface area contributed by atoms with E-state index < -0.39 is 5.91 Å². The van der Waals surface area contributed by atoms with Gasteiger partial charge in [-0.25, -0.2) is 0 Å². The molecular weight excluding hydrogens is 256 g/mol. The van der Waals surface area contributed by atoms with Crippen molar-refractivity contribution in [1.82, 2.24) is 10.1 Å². The van der Waals surface area contributed by atoms with Crippen LogP contribution in [0.4, 0.5) is 5.69 Å². The van der Waals surface area contributed by atoms with Crippen LogP contribution in [0.3, 0.4) is 0 Å². The van der Waals surface area contributed by atoms with Crippen LogP contribution >= 0.6 is 0 Å². The van der Waals surface area contributed by atoms with Crippen LogP contribution in [0, 0.1) is 6.92 Å². The first-order chi connectivity index (χ1) is 9.45. The van der Waals surface area contributed by atoms with Crippen molar-refractivity contribution in [3.63, 3.8) is 0 Å². The number of carbonyl (C=O) groups excluding carboxylic acids is 1. The third-order valence-electron chi connectivity index (χ3n) is 2.98. The molecule has 0 saturated heterocycles. The average Bonchev–Trinajstić information content (AvgIpc) is 2.77. The van der Waals surface area contributed by atoms with E-state index in [1.54, 1.807) is 12.1 Å². The van der Waals surface area contributed by atoms with Gasteiger partial charge in [-0.05, 0) is 31.7 Å². The molecule has 4 N–H and O–H groups in total. The van der Waals surface area contributed by atoms with Crippen molar-refractivity contribution in [2.24, 2.45) is 5.73 Å². The third kappa shape index (κ3) is 3.36. The molecule has 0 radical (unpaired) electrons. The largest absolute Gasteiger partial charge is 0.398 e. The second kappa shape index (κ2) is 5.75. The summed E-state index contributed by atoms with van der Waals surface area (Å²) in [6.45, 7) is 3.17. The van der Waals surface area contributed by atoms with Crippen molar-refractivity contribution < 1.29 is 9.32 Å². The Labute approximate surface area is 117 Å². The predicted molar refractivity (Wildman–Crippen MR) is 75.8 cm³/mol. The maximum Gasteiger partial charge on any atom is 0.248 e. The number of anilines is 1. The second-order valence-electron chi connectivity index (χ2n) is 4.88. The molecule has 0 aliphatic rings. The molecule has 0 bridgehead atoms. The van der Waals surface area contributed by atoms with Gasteiger partial charge in [0.05, 0.1) is 5.69 Å². The zero-order chi connectivity index (χ0) is 14.7. The first kappa shape index (κ1) is 14.1. The predicted octanol–water partition coefficient (Wildman–Crippen LogP) is 1.30. The lowest BCUT2D eigenvalue weighted by molar-refractivity contribution is 0.100. The number of nitrogen functional groups attached to an aromatic ring is 1. The number of amides is 1. The van der Waals surface area contributed by atoms with E-state index in [0.717, 1.165) is 17.0 Å². The summed E-state index contributed by atoms with van der Waals surface area (Å²) in [4.78, 5) is 13.1. The van der Waals surface area contributed by atoms with Crippen LogP contribution in [-0.4, -0.2) is 23.0 Å². The molecule has 0 spiro atoms. The number of primary amides is 1. The van der Waals surface area contributed by atoms with Crippen molar-refractivity contribution in [2.45, 2.75) is 20.0 Å². The van der Waals surface area contributed by atoms with Crippen LogP contribution in [-0.2, 0) is 13.1 Å². The Kier molecular flexibility index (Phi) is 4.05. The van der Waals surface area contributed by atoms with Gasteiger partial charge >= 0.3 is 0 Å². The van der Waals surface area contributed by atoms with E-state index in [9.17, 15) is 4.79 Å². The summed E-state index contributed by atoms with van der Waals surface area (Å²) in [5, 5.41) is 3.95. The van der Waals surface area contributed by atoms with Gasteiger partial charge in [0.2, 0.25) is 5.91 Å². The summed E-state index contributed by atoms with van der Waals surface area (Å²) >= 11 is 0. The molecule has 0 aliphatic heterocycles. The fourth-order valence-electron chi connectivity index (χ4n) is 2.01. The number of aryl methyl sites for hydroxylation is 1. The maximum atomic E-state index is 11.1. The van der Waals surface area contributed by atoms with Gasteiger partial charge in [0.15, 0.2) is 0 Å². The smallest absolute Gasteiger partial charge is 0.248 e. The molecule has 106 valence electrons. The van der Waals surface area contributed by atoms with Gasteiger partial charge in [0, 0.05) is 30.4 Å². The molecule has 1 heterocycles.